The van der Waals surface area contributed by atoms with E-state index in [-0.39, 0.29) is 12.5 Å². The van der Waals surface area contributed by atoms with Gasteiger partial charge in [-0.3, -0.25) is 14.5 Å². The molecule has 0 aromatic heterocycles. The van der Waals surface area contributed by atoms with Gasteiger partial charge in [-0.25, -0.2) is 4.79 Å². The zero-order chi connectivity index (χ0) is 18.4. The molecule has 8 heteroatoms. The molecule has 0 aliphatic carbocycles. The van der Waals surface area contributed by atoms with Crippen molar-refractivity contribution in [2.24, 2.45) is 11.8 Å². The molecule has 0 radical (unpaired) electrons. The van der Waals surface area contributed by atoms with Crippen molar-refractivity contribution < 1.29 is 29.5 Å². The van der Waals surface area contributed by atoms with Crippen LogP contribution in [0.3, 0.4) is 0 Å². The molecule has 0 unspecified atom stereocenters. The minimum absolute atomic E-state index is 0.223. The van der Waals surface area contributed by atoms with E-state index in [2.05, 4.69) is 0 Å². The molecular weight excluding hydrogens is 348 g/mol. The Morgan fingerprint density at radius 2 is 1.96 bits per heavy atom. The van der Waals surface area contributed by atoms with E-state index in [0.29, 0.717) is 5.02 Å². The molecule has 25 heavy (non-hydrogen) atoms. The molecule has 2 fully saturated rings. The van der Waals surface area contributed by atoms with Gasteiger partial charge in [-0.05, 0) is 19.1 Å². The number of amides is 2. The minimum Gasteiger partial charge on any atom is -0.464 e. The fraction of sp³-hybridized carbons (Fsp3) is 0.471. The Morgan fingerprint density at radius 1 is 1.32 bits per heavy atom. The Morgan fingerprint density at radius 3 is 2.48 bits per heavy atom. The van der Waals surface area contributed by atoms with Crippen molar-refractivity contribution >= 4 is 29.4 Å². The number of aliphatic hydroxyl groups excluding tert-OH is 1. The number of nitrogens with zero attached hydrogens (tertiary/aromatic N) is 1. The zero-order valence-corrected chi connectivity index (χ0v) is 14.7. The van der Waals surface area contributed by atoms with Crippen LogP contribution >= 0.6 is 11.6 Å². The number of methoxy groups -OCH3 is 1. The second-order valence-corrected chi connectivity index (χ2v) is 6.79. The van der Waals surface area contributed by atoms with E-state index in [0.717, 1.165) is 10.5 Å². The van der Waals surface area contributed by atoms with Gasteiger partial charge in [-0.15, -0.1) is 0 Å². The van der Waals surface area contributed by atoms with E-state index in [1.165, 1.54) is 7.11 Å². The standard InChI is InChI=1S/C17H19ClN2O5/c1-3-20-14(22)11-12(15(20)23)17(8-21,16(24)25-2)19-13(11)9-4-6-10(18)7-5-9/h4-7,11-13,19,21H,3,8H2,1-2H3/p+1/t11-,12+,13+,17-/m1/s1. The molecule has 3 N–H and O–H groups in total. The fourth-order valence-corrected chi connectivity index (χ4v) is 4.21. The summed E-state index contributed by atoms with van der Waals surface area (Å²) in [5.74, 6) is -3.17. The van der Waals surface area contributed by atoms with Gasteiger partial charge in [0.15, 0.2) is 0 Å². The van der Waals surface area contributed by atoms with E-state index >= 15 is 0 Å². The van der Waals surface area contributed by atoms with Crippen molar-refractivity contribution in [2.75, 3.05) is 20.3 Å². The van der Waals surface area contributed by atoms with Gasteiger partial charge in [0.2, 0.25) is 17.4 Å². The van der Waals surface area contributed by atoms with Gasteiger partial charge >= 0.3 is 5.97 Å². The number of nitrogens with two attached hydrogens (primary N) is 1. The normalized spacial score (nSPS) is 31.4. The van der Waals surface area contributed by atoms with Crippen molar-refractivity contribution in [1.82, 2.24) is 4.90 Å². The smallest absolute Gasteiger partial charge is 0.371 e. The molecule has 134 valence electrons. The summed E-state index contributed by atoms with van der Waals surface area (Å²) in [5, 5.41) is 12.1. The van der Waals surface area contributed by atoms with Gasteiger partial charge in [0, 0.05) is 17.1 Å². The zero-order valence-electron chi connectivity index (χ0n) is 13.9. The number of quaternary nitrogens is 1. The van der Waals surface area contributed by atoms with Crippen LogP contribution < -0.4 is 5.32 Å². The molecule has 3 rings (SSSR count). The largest absolute Gasteiger partial charge is 0.464 e. The van der Waals surface area contributed by atoms with Crippen molar-refractivity contribution in [3.05, 3.63) is 34.9 Å². The van der Waals surface area contributed by atoms with Crippen LogP contribution in [-0.4, -0.2) is 53.6 Å². The number of imide groups is 1. The number of likely N-dealkylation sites (tertiary alicyclic amines) is 1. The second kappa shape index (κ2) is 6.40. The third-order valence-corrected chi connectivity index (χ3v) is 5.51. The van der Waals surface area contributed by atoms with Gasteiger partial charge in [0.1, 0.15) is 24.5 Å². The lowest BCUT2D eigenvalue weighted by molar-refractivity contribution is -0.735. The molecular formula is C17H20ClN2O5+. The third-order valence-electron chi connectivity index (χ3n) is 5.26. The summed E-state index contributed by atoms with van der Waals surface area (Å²) >= 11 is 5.93. The highest BCUT2D eigenvalue weighted by atomic mass is 35.5. The number of benzene rings is 1. The second-order valence-electron chi connectivity index (χ2n) is 6.36. The first-order chi connectivity index (χ1) is 11.9. The molecule has 2 amide bonds. The Hall–Kier alpha value is -1.96. The number of hydrogen-bond acceptors (Lipinski definition) is 5. The van der Waals surface area contributed by atoms with Crippen LogP contribution in [0.15, 0.2) is 24.3 Å². The minimum atomic E-state index is -1.53. The average molecular weight is 368 g/mol. The molecule has 1 aromatic carbocycles. The summed E-state index contributed by atoms with van der Waals surface area (Å²) in [4.78, 5) is 39.2. The van der Waals surface area contributed by atoms with Gasteiger partial charge in [-0.2, -0.15) is 0 Å². The summed E-state index contributed by atoms with van der Waals surface area (Å²) < 4.78 is 4.86. The number of fused-ring (bicyclic) bond motifs is 1. The van der Waals surface area contributed by atoms with E-state index < -0.39 is 41.9 Å². The number of hydrogen-bond donors (Lipinski definition) is 2. The topological polar surface area (TPSA) is 101 Å². The van der Waals surface area contributed by atoms with Gasteiger partial charge in [0.25, 0.3) is 0 Å². The van der Waals surface area contributed by atoms with E-state index in [4.69, 9.17) is 16.3 Å². The monoisotopic (exact) mass is 367 g/mol. The van der Waals surface area contributed by atoms with Crippen LogP contribution in [0.4, 0.5) is 0 Å². The summed E-state index contributed by atoms with van der Waals surface area (Å²) in [6, 6.07) is 6.42. The molecule has 0 bridgehead atoms. The molecule has 0 spiro atoms. The van der Waals surface area contributed by atoms with Gasteiger partial charge < -0.3 is 15.2 Å². The maximum atomic E-state index is 12.8. The van der Waals surface area contributed by atoms with E-state index in [9.17, 15) is 19.5 Å². The molecule has 2 aliphatic rings. The summed E-state index contributed by atoms with van der Waals surface area (Å²) in [6.45, 7) is 1.33. The first kappa shape index (κ1) is 17.8. The van der Waals surface area contributed by atoms with Crippen LogP contribution in [0.5, 0.6) is 0 Å². The van der Waals surface area contributed by atoms with Crippen molar-refractivity contribution in [2.45, 2.75) is 18.5 Å². The highest BCUT2D eigenvalue weighted by molar-refractivity contribution is 6.30. The predicted molar refractivity (Wildman–Crippen MR) is 87.3 cm³/mol. The molecule has 2 heterocycles. The number of halogens is 1. The van der Waals surface area contributed by atoms with Gasteiger partial charge in [-0.1, -0.05) is 23.7 Å². The number of carbonyl (C=O) groups excluding carboxylic acids is 3. The van der Waals surface area contributed by atoms with Crippen LogP contribution in [0.25, 0.3) is 0 Å². The van der Waals surface area contributed by atoms with Crippen molar-refractivity contribution in [3.8, 4) is 0 Å². The Kier molecular flexibility index (Phi) is 4.57. The fourth-order valence-electron chi connectivity index (χ4n) is 4.08. The van der Waals surface area contributed by atoms with E-state index in [1.54, 1.807) is 36.5 Å². The molecule has 2 saturated heterocycles. The van der Waals surface area contributed by atoms with Gasteiger partial charge in [0.05, 0.1) is 7.11 Å². The highest BCUT2D eigenvalue weighted by Crippen LogP contribution is 2.44. The molecule has 0 saturated carbocycles. The Bertz CT molecular complexity index is 722. The van der Waals surface area contributed by atoms with E-state index in [1.807, 2.05) is 0 Å². The SMILES string of the molecule is CCN1C(=O)[C@@H]2[C@@H](C1=O)[C@](CO)(C(=O)OC)[NH2+][C@H]2c1ccc(Cl)cc1. The number of esters is 1. The number of rotatable bonds is 4. The lowest BCUT2D eigenvalue weighted by atomic mass is 9.79. The summed E-state index contributed by atoms with van der Waals surface area (Å²) in [6.07, 6.45) is 0. The summed E-state index contributed by atoms with van der Waals surface area (Å²) in [5.41, 5.74) is -0.766. The lowest BCUT2D eigenvalue weighted by Gasteiger charge is -2.27. The molecule has 2 aliphatic heterocycles. The quantitative estimate of drug-likeness (QED) is 0.551. The highest BCUT2D eigenvalue weighted by Gasteiger charge is 2.72. The van der Waals surface area contributed by atoms with Crippen LogP contribution in [0, 0.1) is 11.8 Å². The molecule has 7 nitrogen and oxygen atoms in total. The Balaban J connectivity index is 2.13. The first-order valence-corrected chi connectivity index (χ1v) is 8.45. The predicted octanol–water partition coefficient (Wildman–Crippen LogP) is -0.517. The Labute approximate surface area is 149 Å². The maximum Gasteiger partial charge on any atom is 0.371 e. The van der Waals surface area contributed by atoms with Crippen LogP contribution in [-0.2, 0) is 19.1 Å². The summed E-state index contributed by atoms with van der Waals surface area (Å²) in [7, 11) is 1.21. The number of carbonyl (C=O) groups is 3. The maximum absolute atomic E-state index is 12.8. The van der Waals surface area contributed by atoms with Crippen LogP contribution in [0.1, 0.15) is 18.5 Å². The average Bonchev–Trinajstić information content (AvgIpc) is 3.10. The lowest BCUT2D eigenvalue weighted by Crippen LogP contribution is -2.99. The van der Waals surface area contributed by atoms with Crippen molar-refractivity contribution in [1.29, 1.82) is 0 Å². The van der Waals surface area contributed by atoms with Crippen molar-refractivity contribution in [3.63, 3.8) is 0 Å². The first-order valence-electron chi connectivity index (χ1n) is 8.07. The molecule has 4 atom stereocenters. The molecule has 1 aromatic rings. The van der Waals surface area contributed by atoms with Crippen LogP contribution in [0.2, 0.25) is 5.02 Å². The number of aliphatic hydroxyl groups is 1. The number of ether oxygens (including phenoxy) is 1. The third kappa shape index (κ3) is 2.46.